The highest BCUT2D eigenvalue weighted by atomic mass is 32.2. The van der Waals surface area contributed by atoms with Gasteiger partial charge in [-0.3, -0.25) is 9.78 Å². The van der Waals surface area contributed by atoms with Crippen LogP contribution in [0.4, 0.5) is 5.69 Å². The lowest BCUT2D eigenvalue weighted by Crippen LogP contribution is -2.60. The van der Waals surface area contributed by atoms with E-state index in [1.165, 1.54) is 0 Å². The Morgan fingerprint density at radius 3 is 2.47 bits per heavy atom. The SMILES string of the molecule is COc1ccccc1N(C)C1CN(C(=O)c2ccc(CS(=O)(=O)c3cccc4cccnc34)cc2)C1. The number of hydrogen-bond donors (Lipinski definition) is 0. The van der Waals surface area contributed by atoms with Gasteiger partial charge in [0.25, 0.3) is 5.91 Å². The molecule has 0 aliphatic carbocycles. The summed E-state index contributed by atoms with van der Waals surface area (Å²) >= 11 is 0. The van der Waals surface area contributed by atoms with Crippen LogP contribution in [0.5, 0.6) is 5.75 Å². The maximum absolute atomic E-state index is 13.1. The van der Waals surface area contributed by atoms with Crippen LogP contribution in [0.25, 0.3) is 10.9 Å². The molecule has 5 rings (SSSR count). The van der Waals surface area contributed by atoms with E-state index in [9.17, 15) is 13.2 Å². The number of ether oxygens (including phenoxy) is 1. The number of pyridine rings is 1. The fourth-order valence-corrected chi connectivity index (χ4v) is 6.07. The van der Waals surface area contributed by atoms with Crippen LogP contribution < -0.4 is 9.64 Å². The van der Waals surface area contributed by atoms with Crippen molar-refractivity contribution in [2.75, 3.05) is 32.1 Å². The van der Waals surface area contributed by atoms with Crippen molar-refractivity contribution >= 4 is 32.3 Å². The second-order valence-electron chi connectivity index (χ2n) is 8.93. The summed E-state index contributed by atoms with van der Waals surface area (Å²) in [6.45, 7) is 1.22. The molecule has 0 saturated carbocycles. The average Bonchev–Trinajstić information content (AvgIpc) is 2.87. The number of sulfone groups is 1. The number of carbonyl (C=O) groups excluding carboxylic acids is 1. The van der Waals surface area contributed by atoms with Crippen molar-refractivity contribution in [3.8, 4) is 5.75 Å². The van der Waals surface area contributed by atoms with Crippen LogP contribution >= 0.6 is 0 Å². The standard InChI is InChI=1S/C28H27N3O4S/c1-30(24-9-3-4-10-25(24)35-2)23-17-31(18-23)28(32)22-14-12-20(13-15-22)19-36(33,34)26-11-5-7-21-8-6-16-29-27(21)26/h3-16,23H,17-19H2,1-2H3. The number of methoxy groups -OCH3 is 1. The molecule has 0 bridgehead atoms. The molecule has 2 heterocycles. The number of likely N-dealkylation sites (tertiary alicyclic amines) is 1. The maximum Gasteiger partial charge on any atom is 0.253 e. The van der Waals surface area contributed by atoms with Crippen molar-refractivity contribution in [1.29, 1.82) is 0 Å². The number of fused-ring (bicyclic) bond motifs is 1. The van der Waals surface area contributed by atoms with E-state index in [1.54, 1.807) is 60.7 Å². The Morgan fingerprint density at radius 2 is 1.72 bits per heavy atom. The third-order valence-corrected chi connectivity index (χ3v) is 8.36. The van der Waals surface area contributed by atoms with Crippen molar-refractivity contribution in [3.63, 3.8) is 0 Å². The molecule has 0 unspecified atom stereocenters. The molecule has 1 aliphatic rings. The van der Waals surface area contributed by atoms with E-state index in [0.717, 1.165) is 16.8 Å². The van der Waals surface area contributed by atoms with E-state index in [-0.39, 0.29) is 22.6 Å². The molecule has 184 valence electrons. The summed E-state index contributed by atoms with van der Waals surface area (Å²) in [4.78, 5) is 21.4. The van der Waals surface area contributed by atoms with E-state index in [4.69, 9.17) is 4.74 Å². The van der Waals surface area contributed by atoms with Gasteiger partial charge in [-0.1, -0.05) is 42.5 Å². The normalized spacial score (nSPS) is 13.9. The van der Waals surface area contributed by atoms with Gasteiger partial charge < -0.3 is 14.5 Å². The third-order valence-electron chi connectivity index (χ3n) is 6.65. The molecule has 4 aromatic rings. The van der Waals surface area contributed by atoms with E-state index < -0.39 is 9.84 Å². The summed E-state index contributed by atoms with van der Waals surface area (Å²) in [6, 6.07) is 23.6. The predicted octanol–water partition coefficient (Wildman–Crippen LogP) is 4.18. The first-order valence-corrected chi connectivity index (χ1v) is 13.3. The largest absolute Gasteiger partial charge is 0.495 e. The van der Waals surface area contributed by atoms with Crippen molar-refractivity contribution in [2.45, 2.75) is 16.7 Å². The minimum Gasteiger partial charge on any atom is -0.495 e. The molecule has 1 fully saturated rings. The van der Waals surface area contributed by atoms with Gasteiger partial charge in [-0.2, -0.15) is 0 Å². The van der Waals surface area contributed by atoms with Crippen molar-refractivity contribution in [3.05, 3.63) is 96.2 Å². The molecule has 0 atom stereocenters. The summed E-state index contributed by atoms with van der Waals surface area (Å²) < 4.78 is 31.7. The highest BCUT2D eigenvalue weighted by molar-refractivity contribution is 7.90. The van der Waals surface area contributed by atoms with Gasteiger partial charge in [-0.25, -0.2) is 8.42 Å². The first kappa shape index (κ1) is 23.8. The minimum atomic E-state index is -3.61. The Hall–Kier alpha value is -3.91. The lowest BCUT2D eigenvalue weighted by Gasteiger charge is -2.45. The third kappa shape index (κ3) is 4.52. The van der Waals surface area contributed by atoms with E-state index in [0.29, 0.717) is 29.7 Å². The van der Waals surface area contributed by atoms with E-state index in [2.05, 4.69) is 9.88 Å². The van der Waals surface area contributed by atoms with Gasteiger partial charge in [0.05, 0.1) is 35.0 Å². The lowest BCUT2D eigenvalue weighted by molar-refractivity contribution is 0.0603. The first-order valence-electron chi connectivity index (χ1n) is 11.7. The molecule has 0 N–H and O–H groups in total. The van der Waals surface area contributed by atoms with Crippen LogP contribution in [-0.2, 0) is 15.6 Å². The van der Waals surface area contributed by atoms with Gasteiger partial charge >= 0.3 is 0 Å². The maximum atomic E-state index is 13.1. The average molecular weight is 502 g/mol. The molecule has 8 heteroatoms. The fraction of sp³-hybridized carbons (Fsp3) is 0.214. The lowest BCUT2D eigenvalue weighted by atomic mass is 10.0. The molecule has 1 saturated heterocycles. The van der Waals surface area contributed by atoms with Gasteiger partial charge in [0.1, 0.15) is 5.75 Å². The Labute approximate surface area is 210 Å². The highest BCUT2D eigenvalue weighted by Crippen LogP contribution is 2.31. The number of para-hydroxylation sites is 3. The number of likely N-dealkylation sites (N-methyl/N-ethyl adjacent to an activating group) is 1. The van der Waals surface area contributed by atoms with Crippen LogP contribution in [0.15, 0.2) is 90.0 Å². The topological polar surface area (TPSA) is 79.8 Å². The zero-order valence-corrected chi connectivity index (χ0v) is 21.0. The molecule has 36 heavy (non-hydrogen) atoms. The summed E-state index contributed by atoms with van der Waals surface area (Å²) in [5, 5.41) is 0.781. The van der Waals surface area contributed by atoms with Gasteiger partial charge in [-0.05, 0) is 42.0 Å². The monoisotopic (exact) mass is 501 g/mol. The van der Waals surface area contributed by atoms with Gasteiger partial charge in [0.2, 0.25) is 0 Å². The predicted molar refractivity (Wildman–Crippen MR) is 140 cm³/mol. The number of carbonyl (C=O) groups is 1. The summed E-state index contributed by atoms with van der Waals surface area (Å²) in [6.07, 6.45) is 1.59. The molecule has 1 aliphatic heterocycles. The molecular formula is C28H27N3O4S. The molecule has 3 aromatic carbocycles. The number of amides is 1. The second kappa shape index (κ2) is 9.62. The Kier molecular flexibility index (Phi) is 6.36. The molecular weight excluding hydrogens is 474 g/mol. The van der Waals surface area contributed by atoms with Crippen LogP contribution in [0.1, 0.15) is 15.9 Å². The molecule has 1 aromatic heterocycles. The molecule has 0 radical (unpaired) electrons. The molecule has 0 spiro atoms. The van der Waals surface area contributed by atoms with Crippen molar-refractivity contribution in [1.82, 2.24) is 9.88 Å². The second-order valence-corrected chi connectivity index (χ2v) is 10.9. The highest BCUT2D eigenvalue weighted by Gasteiger charge is 2.34. The number of anilines is 1. The fourth-order valence-electron chi connectivity index (χ4n) is 4.53. The number of rotatable bonds is 7. The van der Waals surface area contributed by atoms with Crippen molar-refractivity contribution in [2.24, 2.45) is 0 Å². The minimum absolute atomic E-state index is 0.0627. The summed E-state index contributed by atoms with van der Waals surface area (Å²) in [5.74, 6) is 0.578. The summed E-state index contributed by atoms with van der Waals surface area (Å²) in [7, 11) is 0.0495. The van der Waals surface area contributed by atoms with Gasteiger partial charge in [0, 0.05) is 37.3 Å². The Balaban J connectivity index is 1.24. The summed E-state index contributed by atoms with van der Waals surface area (Å²) in [5.41, 5.74) is 2.62. The van der Waals surface area contributed by atoms with Gasteiger partial charge in [0.15, 0.2) is 9.84 Å². The first-order chi connectivity index (χ1) is 17.4. The Morgan fingerprint density at radius 1 is 1.00 bits per heavy atom. The van der Waals surface area contributed by atoms with Crippen LogP contribution in [-0.4, -0.2) is 57.5 Å². The zero-order valence-electron chi connectivity index (χ0n) is 20.2. The smallest absolute Gasteiger partial charge is 0.253 e. The number of hydrogen-bond acceptors (Lipinski definition) is 6. The van der Waals surface area contributed by atoms with Gasteiger partial charge in [-0.15, -0.1) is 0 Å². The number of nitrogens with zero attached hydrogens (tertiary/aromatic N) is 3. The van der Waals surface area contributed by atoms with E-state index >= 15 is 0 Å². The van der Waals surface area contributed by atoms with Crippen LogP contribution in [0.2, 0.25) is 0 Å². The number of benzene rings is 3. The van der Waals surface area contributed by atoms with Crippen LogP contribution in [0.3, 0.4) is 0 Å². The van der Waals surface area contributed by atoms with E-state index in [1.807, 2.05) is 43.4 Å². The number of aromatic nitrogens is 1. The zero-order chi connectivity index (χ0) is 25.3. The Bertz CT molecular complexity index is 1510. The van der Waals surface area contributed by atoms with Crippen LogP contribution in [0, 0.1) is 0 Å². The molecule has 7 nitrogen and oxygen atoms in total. The molecule has 1 amide bonds. The van der Waals surface area contributed by atoms with Crippen molar-refractivity contribution < 1.29 is 17.9 Å². The quantitative estimate of drug-likeness (QED) is 0.378.